The molecule has 6 heteroatoms. The Labute approximate surface area is 124 Å². The van der Waals surface area contributed by atoms with Gasteiger partial charge in [-0.25, -0.2) is 4.79 Å². The van der Waals surface area contributed by atoms with Crippen molar-refractivity contribution >= 4 is 12.4 Å². The van der Waals surface area contributed by atoms with Crippen LogP contribution in [0.3, 0.4) is 0 Å². The van der Waals surface area contributed by atoms with Crippen molar-refractivity contribution in [2.45, 2.75) is 32.4 Å². The van der Waals surface area contributed by atoms with E-state index in [1.807, 2.05) is 0 Å². The third kappa shape index (κ3) is 4.37. The normalized spacial score (nSPS) is 12.4. The monoisotopic (exact) mass is 295 g/mol. The van der Waals surface area contributed by atoms with Crippen molar-refractivity contribution in [3.63, 3.8) is 0 Å². The molecule has 1 atom stereocenters. The number of rotatable bonds is 4. The number of aromatic hydroxyl groups is 1. The van der Waals surface area contributed by atoms with E-state index in [1.54, 1.807) is 26.8 Å². The van der Waals surface area contributed by atoms with Crippen LogP contribution in [0.25, 0.3) is 0 Å². The number of phenols is 1. The summed E-state index contributed by atoms with van der Waals surface area (Å²) < 4.78 is 10.2. The number of phenolic OH excluding ortho intramolecular Hbond substituents is 1. The number of ether oxygens (including phenoxy) is 2. The first-order chi connectivity index (χ1) is 9.69. The van der Waals surface area contributed by atoms with Gasteiger partial charge in [-0.15, -0.1) is 0 Å². The number of methoxy groups -OCH3 is 1. The number of benzene rings is 1. The van der Waals surface area contributed by atoms with Crippen molar-refractivity contribution in [1.82, 2.24) is 4.90 Å². The Morgan fingerprint density at radius 1 is 1.38 bits per heavy atom. The van der Waals surface area contributed by atoms with E-state index in [9.17, 15) is 14.7 Å². The molecule has 0 aliphatic rings. The van der Waals surface area contributed by atoms with Gasteiger partial charge in [0, 0.05) is 7.05 Å². The number of nitrogens with zero attached hydrogens (tertiary/aromatic N) is 1. The van der Waals surface area contributed by atoms with Crippen LogP contribution in [0.4, 0.5) is 4.79 Å². The first kappa shape index (κ1) is 16.8. The zero-order chi connectivity index (χ0) is 16.2. The third-order valence-electron chi connectivity index (χ3n) is 2.77. The maximum absolute atomic E-state index is 12.0. The number of hydrogen-bond acceptors (Lipinski definition) is 5. The van der Waals surface area contributed by atoms with Crippen LogP contribution < -0.4 is 4.74 Å². The molecule has 0 spiro atoms. The second-order valence-corrected chi connectivity index (χ2v) is 5.60. The van der Waals surface area contributed by atoms with Gasteiger partial charge in [0.05, 0.1) is 7.11 Å². The second-order valence-electron chi connectivity index (χ2n) is 5.60. The van der Waals surface area contributed by atoms with Gasteiger partial charge in [-0.05, 0) is 38.5 Å². The van der Waals surface area contributed by atoms with E-state index in [-0.39, 0.29) is 11.5 Å². The third-order valence-corrected chi connectivity index (χ3v) is 2.77. The summed E-state index contributed by atoms with van der Waals surface area (Å²) in [5.41, 5.74) is -0.126. The van der Waals surface area contributed by atoms with Crippen molar-refractivity contribution in [1.29, 1.82) is 0 Å². The fraction of sp³-hybridized carbons (Fsp3) is 0.467. The smallest absolute Gasteiger partial charge is 0.410 e. The van der Waals surface area contributed by atoms with Crippen LogP contribution in [0.1, 0.15) is 32.4 Å². The molecule has 0 saturated heterocycles. The molecule has 1 aromatic rings. The highest BCUT2D eigenvalue weighted by Gasteiger charge is 2.26. The Morgan fingerprint density at radius 2 is 2.00 bits per heavy atom. The van der Waals surface area contributed by atoms with Gasteiger partial charge in [-0.3, -0.25) is 4.90 Å². The van der Waals surface area contributed by atoms with Crippen LogP contribution in [0.2, 0.25) is 0 Å². The van der Waals surface area contributed by atoms with Crippen LogP contribution in [0, 0.1) is 0 Å². The Morgan fingerprint density at radius 3 is 2.48 bits per heavy atom. The quantitative estimate of drug-likeness (QED) is 0.864. The van der Waals surface area contributed by atoms with Gasteiger partial charge in [0.15, 0.2) is 11.5 Å². The predicted octanol–water partition coefficient (Wildman–Crippen LogP) is 2.51. The number of likely N-dealkylation sites (N-methyl/N-ethyl adjacent to an activating group) is 1. The number of aldehydes is 1. The van der Waals surface area contributed by atoms with Gasteiger partial charge in [-0.1, -0.05) is 6.07 Å². The molecular weight excluding hydrogens is 274 g/mol. The molecule has 0 heterocycles. The number of amides is 1. The summed E-state index contributed by atoms with van der Waals surface area (Å²) >= 11 is 0. The zero-order valence-corrected chi connectivity index (χ0v) is 12.9. The number of carbonyl (C=O) groups excluding carboxylic acids is 2. The highest BCUT2D eigenvalue weighted by Crippen LogP contribution is 2.30. The lowest BCUT2D eigenvalue weighted by atomic mass is 10.1. The lowest BCUT2D eigenvalue weighted by molar-refractivity contribution is -0.112. The highest BCUT2D eigenvalue weighted by molar-refractivity contribution is 5.75. The minimum absolute atomic E-state index is 0.0363. The van der Waals surface area contributed by atoms with Gasteiger partial charge in [-0.2, -0.15) is 0 Å². The van der Waals surface area contributed by atoms with Gasteiger partial charge >= 0.3 is 6.09 Å². The molecule has 1 amide bonds. The predicted molar refractivity (Wildman–Crippen MR) is 77.5 cm³/mol. The molecule has 0 radical (unpaired) electrons. The van der Waals surface area contributed by atoms with E-state index in [1.165, 1.54) is 31.2 Å². The van der Waals surface area contributed by atoms with E-state index < -0.39 is 17.7 Å². The fourth-order valence-corrected chi connectivity index (χ4v) is 1.72. The van der Waals surface area contributed by atoms with Crippen molar-refractivity contribution < 1.29 is 24.2 Å². The van der Waals surface area contributed by atoms with E-state index in [2.05, 4.69) is 0 Å². The molecular formula is C15H21NO5. The van der Waals surface area contributed by atoms with Crippen LogP contribution in [0.15, 0.2) is 18.2 Å². The Bertz CT molecular complexity index is 521. The van der Waals surface area contributed by atoms with Crippen LogP contribution >= 0.6 is 0 Å². The minimum Gasteiger partial charge on any atom is -0.504 e. The van der Waals surface area contributed by atoms with E-state index in [0.717, 1.165) is 0 Å². The van der Waals surface area contributed by atoms with Crippen LogP contribution in [-0.4, -0.2) is 42.1 Å². The maximum Gasteiger partial charge on any atom is 0.410 e. The highest BCUT2D eigenvalue weighted by atomic mass is 16.6. The van der Waals surface area contributed by atoms with Gasteiger partial charge in [0.1, 0.15) is 17.9 Å². The van der Waals surface area contributed by atoms with Crippen LogP contribution in [-0.2, 0) is 9.53 Å². The van der Waals surface area contributed by atoms with Crippen molar-refractivity contribution in [2.24, 2.45) is 0 Å². The summed E-state index contributed by atoms with van der Waals surface area (Å²) in [7, 11) is 2.89. The zero-order valence-electron chi connectivity index (χ0n) is 12.9. The van der Waals surface area contributed by atoms with E-state index in [0.29, 0.717) is 11.8 Å². The first-order valence-corrected chi connectivity index (χ1v) is 6.47. The average Bonchev–Trinajstić information content (AvgIpc) is 2.39. The summed E-state index contributed by atoms with van der Waals surface area (Å²) in [4.78, 5) is 24.6. The van der Waals surface area contributed by atoms with Crippen molar-refractivity contribution in [3.8, 4) is 11.5 Å². The standard InChI is InChI=1S/C15H21NO5/c1-15(2,3)21-14(19)16(4)11(9-17)10-6-7-12(18)13(8-10)20-5/h6-9,11,18H,1-5H3. The number of hydrogen-bond donors (Lipinski definition) is 1. The average molecular weight is 295 g/mol. The molecule has 0 fully saturated rings. The summed E-state index contributed by atoms with van der Waals surface area (Å²) in [6, 6.07) is 3.65. The molecule has 1 N–H and O–H groups in total. The molecule has 0 bridgehead atoms. The number of carbonyl (C=O) groups is 2. The molecule has 6 nitrogen and oxygen atoms in total. The molecule has 1 aromatic carbocycles. The summed E-state index contributed by atoms with van der Waals surface area (Å²) in [6.45, 7) is 5.24. The molecule has 0 aromatic heterocycles. The molecule has 116 valence electrons. The Balaban J connectivity index is 3.02. The second kappa shape index (κ2) is 6.47. The summed E-state index contributed by atoms with van der Waals surface area (Å²) in [5, 5.41) is 9.57. The van der Waals surface area contributed by atoms with E-state index >= 15 is 0 Å². The Hall–Kier alpha value is -2.24. The molecule has 1 rings (SSSR count). The summed E-state index contributed by atoms with van der Waals surface area (Å²) in [6.07, 6.45) is 0.0297. The van der Waals surface area contributed by atoms with Crippen molar-refractivity contribution in [2.75, 3.05) is 14.2 Å². The van der Waals surface area contributed by atoms with Crippen molar-refractivity contribution in [3.05, 3.63) is 23.8 Å². The topological polar surface area (TPSA) is 76.1 Å². The lowest BCUT2D eigenvalue weighted by Gasteiger charge is -2.28. The molecule has 1 unspecified atom stereocenters. The molecule has 21 heavy (non-hydrogen) atoms. The van der Waals surface area contributed by atoms with Gasteiger partial charge in [0.25, 0.3) is 0 Å². The molecule has 0 aliphatic heterocycles. The molecule has 0 aliphatic carbocycles. The first-order valence-electron chi connectivity index (χ1n) is 6.47. The Kier molecular flexibility index (Phi) is 5.18. The SMILES string of the molecule is COc1cc(C(C=O)N(C)C(=O)OC(C)(C)C)ccc1O. The van der Waals surface area contributed by atoms with Crippen LogP contribution in [0.5, 0.6) is 11.5 Å². The van der Waals surface area contributed by atoms with E-state index in [4.69, 9.17) is 9.47 Å². The van der Waals surface area contributed by atoms with Gasteiger partial charge < -0.3 is 19.4 Å². The lowest BCUT2D eigenvalue weighted by Crippen LogP contribution is -2.37. The largest absolute Gasteiger partial charge is 0.504 e. The maximum atomic E-state index is 12.0. The minimum atomic E-state index is -0.825. The fourth-order valence-electron chi connectivity index (χ4n) is 1.72. The summed E-state index contributed by atoms with van der Waals surface area (Å²) in [5.74, 6) is 0.197. The van der Waals surface area contributed by atoms with Gasteiger partial charge in [0.2, 0.25) is 0 Å². The molecule has 0 saturated carbocycles.